The van der Waals surface area contributed by atoms with Crippen LogP contribution in [0.4, 0.5) is 11.4 Å². The van der Waals surface area contributed by atoms with E-state index in [4.69, 9.17) is 9.47 Å². The highest BCUT2D eigenvalue weighted by Gasteiger charge is 2.13. The predicted octanol–water partition coefficient (Wildman–Crippen LogP) is 2.86. The topological polar surface area (TPSA) is 59.6 Å². The highest BCUT2D eigenvalue weighted by Crippen LogP contribution is 2.34. The van der Waals surface area contributed by atoms with Gasteiger partial charge in [-0.2, -0.15) is 0 Å². The fourth-order valence-electron chi connectivity index (χ4n) is 2.07. The van der Waals surface area contributed by atoms with Crippen molar-refractivity contribution in [3.8, 4) is 11.5 Å². The summed E-state index contributed by atoms with van der Waals surface area (Å²) in [5.41, 5.74) is 1.72. The number of ether oxygens (including phenoxy) is 2. The van der Waals surface area contributed by atoms with Gasteiger partial charge in [0.25, 0.3) is 0 Å². The molecular formula is C16H16N2O3. The molecule has 1 aliphatic heterocycles. The second kappa shape index (κ2) is 6.17. The van der Waals surface area contributed by atoms with E-state index >= 15 is 0 Å². The van der Waals surface area contributed by atoms with Crippen LogP contribution in [0.25, 0.3) is 0 Å². The van der Waals surface area contributed by atoms with Gasteiger partial charge in [-0.3, -0.25) is 4.79 Å². The summed E-state index contributed by atoms with van der Waals surface area (Å²) in [6, 6.07) is 15.2. The lowest BCUT2D eigenvalue weighted by atomic mass is 10.2. The first kappa shape index (κ1) is 13.3. The van der Waals surface area contributed by atoms with Crippen LogP contribution in [0.3, 0.4) is 0 Å². The zero-order valence-corrected chi connectivity index (χ0v) is 11.5. The summed E-state index contributed by atoms with van der Waals surface area (Å²) in [5, 5.41) is 6.04. The molecule has 5 nitrogen and oxygen atoms in total. The standard InChI is InChI=1S/C16H16N2O3/c19-16(8-9-17-12-4-2-1-3-5-12)18-13-6-7-14-15(10-13)21-11-20-14/h1-7,10,17H,8-9,11H2,(H,18,19). The van der Waals surface area contributed by atoms with Crippen molar-refractivity contribution in [3.63, 3.8) is 0 Å². The molecule has 1 aliphatic rings. The lowest BCUT2D eigenvalue weighted by molar-refractivity contribution is -0.115. The summed E-state index contributed by atoms with van der Waals surface area (Å²) in [7, 11) is 0. The number of rotatable bonds is 5. The number of anilines is 2. The van der Waals surface area contributed by atoms with E-state index in [-0.39, 0.29) is 12.7 Å². The van der Waals surface area contributed by atoms with Gasteiger partial charge in [0.1, 0.15) is 0 Å². The van der Waals surface area contributed by atoms with Gasteiger partial charge < -0.3 is 20.1 Å². The van der Waals surface area contributed by atoms with E-state index in [1.54, 1.807) is 18.2 Å². The van der Waals surface area contributed by atoms with E-state index in [2.05, 4.69) is 10.6 Å². The fraction of sp³-hybridized carbons (Fsp3) is 0.188. The zero-order valence-electron chi connectivity index (χ0n) is 11.5. The molecule has 2 aromatic rings. The second-order valence-corrected chi connectivity index (χ2v) is 4.66. The zero-order chi connectivity index (χ0) is 14.5. The van der Waals surface area contributed by atoms with Crippen molar-refractivity contribution in [3.05, 3.63) is 48.5 Å². The Labute approximate surface area is 122 Å². The molecule has 21 heavy (non-hydrogen) atoms. The monoisotopic (exact) mass is 284 g/mol. The molecule has 5 heteroatoms. The Bertz CT molecular complexity index is 629. The third kappa shape index (κ3) is 3.45. The number of carbonyl (C=O) groups is 1. The highest BCUT2D eigenvalue weighted by atomic mass is 16.7. The average molecular weight is 284 g/mol. The van der Waals surface area contributed by atoms with Crippen LogP contribution < -0.4 is 20.1 Å². The minimum Gasteiger partial charge on any atom is -0.454 e. The van der Waals surface area contributed by atoms with Gasteiger partial charge in [-0.15, -0.1) is 0 Å². The maximum atomic E-state index is 11.9. The number of hydrogen-bond donors (Lipinski definition) is 2. The number of carbonyl (C=O) groups excluding carboxylic acids is 1. The predicted molar refractivity (Wildman–Crippen MR) is 80.7 cm³/mol. The normalized spacial score (nSPS) is 12.0. The van der Waals surface area contributed by atoms with Gasteiger partial charge in [0.15, 0.2) is 11.5 Å². The van der Waals surface area contributed by atoms with E-state index < -0.39 is 0 Å². The molecule has 0 aliphatic carbocycles. The van der Waals surface area contributed by atoms with Crippen LogP contribution in [0.1, 0.15) is 6.42 Å². The molecule has 3 rings (SSSR count). The van der Waals surface area contributed by atoms with Crippen LogP contribution in [0.15, 0.2) is 48.5 Å². The number of amides is 1. The van der Waals surface area contributed by atoms with Gasteiger partial charge in [0.05, 0.1) is 0 Å². The molecule has 1 heterocycles. The van der Waals surface area contributed by atoms with Gasteiger partial charge in [0, 0.05) is 30.4 Å². The number of para-hydroxylation sites is 1. The molecule has 2 N–H and O–H groups in total. The van der Waals surface area contributed by atoms with Gasteiger partial charge in [-0.25, -0.2) is 0 Å². The summed E-state index contributed by atoms with van der Waals surface area (Å²) in [6.07, 6.45) is 0.392. The Hall–Kier alpha value is -2.69. The largest absolute Gasteiger partial charge is 0.454 e. The van der Waals surface area contributed by atoms with Crippen LogP contribution in [-0.4, -0.2) is 19.2 Å². The number of nitrogens with one attached hydrogen (secondary N) is 2. The SMILES string of the molecule is O=C(CCNc1ccccc1)Nc1ccc2c(c1)OCO2. The maximum absolute atomic E-state index is 11.9. The Balaban J connectivity index is 1.48. The molecular weight excluding hydrogens is 268 g/mol. The first-order valence-electron chi connectivity index (χ1n) is 6.80. The molecule has 0 spiro atoms. The highest BCUT2D eigenvalue weighted by molar-refractivity contribution is 5.91. The molecule has 0 unspecified atom stereocenters. The average Bonchev–Trinajstić information content (AvgIpc) is 2.96. The summed E-state index contributed by atoms with van der Waals surface area (Å²) < 4.78 is 10.5. The first-order valence-corrected chi connectivity index (χ1v) is 6.80. The summed E-state index contributed by atoms with van der Waals surface area (Å²) in [5.74, 6) is 1.33. The van der Waals surface area contributed by atoms with Crippen LogP contribution in [0.2, 0.25) is 0 Å². The molecule has 0 saturated carbocycles. The van der Waals surface area contributed by atoms with Crippen molar-refractivity contribution < 1.29 is 14.3 Å². The van der Waals surface area contributed by atoms with Gasteiger partial charge in [-0.1, -0.05) is 18.2 Å². The Morgan fingerprint density at radius 2 is 1.81 bits per heavy atom. The molecule has 0 saturated heterocycles. The number of benzene rings is 2. The minimum atomic E-state index is -0.0442. The lowest BCUT2D eigenvalue weighted by Crippen LogP contribution is -2.16. The molecule has 0 fully saturated rings. The molecule has 108 valence electrons. The third-order valence-corrected chi connectivity index (χ3v) is 3.11. The van der Waals surface area contributed by atoms with Gasteiger partial charge >= 0.3 is 0 Å². The smallest absolute Gasteiger partial charge is 0.231 e. The Morgan fingerprint density at radius 3 is 2.67 bits per heavy atom. The molecule has 0 radical (unpaired) electrons. The molecule has 1 amide bonds. The van der Waals surface area contributed by atoms with Crippen molar-refractivity contribution in [2.24, 2.45) is 0 Å². The maximum Gasteiger partial charge on any atom is 0.231 e. The van der Waals surface area contributed by atoms with E-state index in [0.29, 0.717) is 30.2 Å². The third-order valence-electron chi connectivity index (χ3n) is 3.11. The van der Waals surface area contributed by atoms with E-state index in [1.165, 1.54) is 0 Å². The molecule has 0 aromatic heterocycles. The van der Waals surface area contributed by atoms with Gasteiger partial charge in [-0.05, 0) is 24.3 Å². The minimum absolute atomic E-state index is 0.0442. The summed E-state index contributed by atoms with van der Waals surface area (Å²) >= 11 is 0. The van der Waals surface area contributed by atoms with Gasteiger partial charge in [0.2, 0.25) is 12.7 Å². The summed E-state index contributed by atoms with van der Waals surface area (Å²) in [6.45, 7) is 0.814. The Morgan fingerprint density at radius 1 is 1.00 bits per heavy atom. The van der Waals surface area contributed by atoms with Crippen LogP contribution >= 0.6 is 0 Å². The molecule has 2 aromatic carbocycles. The van der Waals surface area contributed by atoms with E-state index in [9.17, 15) is 4.79 Å². The van der Waals surface area contributed by atoms with Crippen LogP contribution in [0, 0.1) is 0 Å². The summed E-state index contributed by atoms with van der Waals surface area (Å²) in [4.78, 5) is 11.9. The van der Waals surface area contributed by atoms with Crippen LogP contribution in [-0.2, 0) is 4.79 Å². The lowest BCUT2D eigenvalue weighted by Gasteiger charge is -2.08. The van der Waals surface area contributed by atoms with Crippen molar-refractivity contribution >= 4 is 17.3 Å². The van der Waals surface area contributed by atoms with Crippen LogP contribution in [0.5, 0.6) is 11.5 Å². The van der Waals surface area contributed by atoms with E-state index in [0.717, 1.165) is 5.69 Å². The second-order valence-electron chi connectivity index (χ2n) is 4.66. The van der Waals surface area contributed by atoms with Crippen molar-refractivity contribution in [1.82, 2.24) is 0 Å². The Kier molecular flexibility index (Phi) is 3.91. The van der Waals surface area contributed by atoms with Crippen molar-refractivity contribution in [2.75, 3.05) is 24.0 Å². The first-order chi connectivity index (χ1) is 10.3. The molecule has 0 bridgehead atoms. The fourth-order valence-corrected chi connectivity index (χ4v) is 2.07. The quantitative estimate of drug-likeness (QED) is 0.886. The van der Waals surface area contributed by atoms with E-state index in [1.807, 2.05) is 30.3 Å². The number of fused-ring (bicyclic) bond motifs is 1. The van der Waals surface area contributed by atoms with Crippen molar-refractivity contribution in [1.29, 1.82) is 0 Å². The van der Waals surface area contributed by atoms with Crippen molar-refractivity contribution in [2.45, 2.75) is 6.42 Å². The molecule has 0 atom stereocenters. The number of hydrogen-bond acceptors (Lipinski definition) is 4.